The lowest BCUT2D eigenvalue weighted by atomic mass is 9.80. The molecule has 0 spiro atoms. The highest BCUT2D eigenvalue weighted by atomic mass is 79.9. The first kappa shape index (κ1) is 15.0. The zero-order chi connectivity index (χ0) is 14.0. The van der Waals surface area contributed by atoms with Crippen molar-refractivity contribution in [2.75, 3.05) is 0 Å². The summed E-state index contributed by atoms with van der Waals surface area (Å²) in [4.78, 5) is 12.4. The predicted molar refractivity (Wildman–Crippen MR) is 85.3 cm³/mol. The van der Waals surface area contributed by atoms with Gasteiger partial charge in [0.25, 0.3) is 5.91 Å². The van der Waals surface area contributed by atoms with Crippen LogP contribution in [-0.2, 0) is 0 Å². The molecule has 2 rings (SSSR count). The molecule has 1 aliphatic carbocycles. The maximum absolute atomic E-state index is 12.4. The van der Waals surface area contributed by atoms with Gasteiger partial charge in [-0.1, -0.05) is 29.8 Å². The second-order valence-corrected chi connectivity index (χ2v) is 7.37. The first-order chi connectivity index (χ1) is 8.97. The number of hydrogen-bond acceptors (Lipinski definition) is 1. The van der Waals surface area contributed by atoms with Gasteiger partial charge < -0.3 is 5.32 Å². The Bertz CT molecular complexity index is 475. The summed E-state index contributed by atoms with van der Waals surface area (Å²) in [7, 11) is 0. The lowest BCUT2D eigenvalue weighted by molar-refractivity contribution is 0.0898. The van der Waals surface area contributed by atoms with Gasteiger partial charge in [-0.05, 0) is 65.2 Å². The van der Waals surface area contributed by atoms with Crippen molar-refractivity contribution in [3.05, 3.63) is 32.7 Å². The molecule has 1 fully saturated rings. The lowest BCUT2D eigenvalue weighted by Gasteiger charge is -2.33. The molecule has 0 aliphatic heterocycles. The molecule has 0 radical (unpaired) electrons. The van der Waals surface area contributed by atoms with Crippen molar-refractivity contribution in [2.24, 2.45) is 11.8 Å². The Morgan fingerprint density at radius 1 is 1.26 bits per heavy atom. The summed E-state index contributed by atoms with van der Waals surface area (Å²) >= 11 is 6.85. The molecule has 3 atom stereocenters. The fourth-order valence-corrected chi connectivity index (χ4v) is 3.59. The Hall–Kier alpha value is -0.350. The molecule has 0 aromatic heterocycles. The smallest absolute Gasteiger partial charge is 0.252 e. The normalized spacial score (nSPS) is 27.1. The van der Waals surface area contributed by atoms with E-state index in [4.69, 9.17) is 0 Å². The van der Waals surface area contributed by atoms with E-state index in [0.717, 1.165) is 21.3 Å². The van der Waals surface area contributed by atoms with E-state index < -0.39 is 0 Å². The van der Waals surface area contributed by atoms with E-state index in [-0.39, 0.29) is 5.91 Å². The average molecular weight is 389 g/mol. The average Bonchev–Trinajstić information content (AvgIpc) is 2.35. The van der Waals surface area contributed by atoms with Gasteiger partial charge in [0.1, 0.15) is 0 Å². The number of rotatable bonds is 2. The standard InChI is InChI=1S/C15H19Br2NO/c1-9-3-6-14(10(2)7-9)18-15(19)12-8-11(16)4-5-13(12)17/h4-5,8-10,14H,3,6-7H2,1-2H3,(H,18,19). The van der Waals surface area contributed by atoms with Crippen LogP contribution < -0.4 is 5.32 Å². The zero-order valence-corrected chi connectivity index (χ0v) is 14.4. The molecule has 1 N–H and O–H groups in total. The molecule has 104 valence electrons. The van der Waals surface area contributed by atoms with Gasteiger partial charge in [-0.15, -0.1) is 0 Å². The van der Waals surface area contributed by atoms with Gasteiger partial charge in [-0.25, -0.2) is 0 Å². The molecule has 19 heavy (non-hydrogen) atoms. The highest BCUT2D eigenvalue weighted by molar-refractivity contribution is 9.11. The second-order valence-electron chi connectivity index (χ2n) is 5.60. The fourth-order valence-electron chi connectivity index (χ4n) is 2.80. The van der Waals surface area contributed by atoms with Gasteiger partial charge >= 0.3 is 0 Å². The quantitative estimate of drug-likeness (QED) is 0.776. The van der Waals surface area contributed by atoms with Crippen LogP contribution in [-0.4, -0.2) is 11.9 Å². The van der Waals surface area contributed by atoms with Crippen molar-refractivity contribution in [3.8, 4) is 0 Å². The highest BCUT2D eigenvalue weighted by Gasteiger charge is 2.27. The Morgan fingerprint density at radius 2 is 2.00 bits per heavy atom. The fraction of sp³-hybridized carbons (Fsp3) is 0.533. The van der Waals surface area contributed by atoms with Gasteiger partial charge in [0.2, 0.25) is 0 Å². The minimum atomic E-state index is 0.0135. The maximum atomic E-state index is 12.4. The van der Waals surface area contributed by atoms with Crippen LogP contribution in [0.4, 0.5) is 0 Å². The molecular weight excluding hydrogens is 370 g/mol. The number of hydrogen-bond donors (Lipinski definition) is 1. The topological polar surface area (TPSA) is 29.1 Å². The lowest BCUT2D eigenvalue weighted by Crippen LogP contribution is -2.42. The van der Waals surface area contributed by atoms with Crippen molar-refractivity contribution in [3.63, 3.8) is 0 Å². The number of carbonyl (C=O) groups excluding carboxylic acids is 1. The molecule has 1 aromatic carbocycles. The largest absolute Gasteiger partial charge is 0.349 e. The minimum Gasteiger partial charge on any atom is -0.349 e. The van der Waals surface area contributed by atoms with Gasteiger partial charge in [-0.3, -0.25) is 4.79 Å². The van der Waals surface area contributed by atoms with E-state index in [9.17, 15) is 4.79 Å². The van der Waals surface area contributed by atoms with E-state index >= 15 is 0 Å². The number of carbonyl (C=O) groups is 1. The third-order valence-corrected chi connectivity index (χ3v) is 5.11. The van der Waals surface area contributed by atoms with Gasteiger partial charge in [0.15, 0.2) is 0 Å². The molecule has 1 saturated carbocycles. The Balaban J connectivity index is 2.06. The SMILES string of the molecule is CC1CCC(NC(=O)c2cc(Br)ccc2Br)C(C)C1. The van der Waals surface area contributed by atoms with Crippen molar-refractivity contribution < 1.29 is 4.79 Å². The molecule has 3 unspecified atom stereocenters. The summed E-state index contributed by atoms with van der Waals surface area (Å²) in [6.07, 6.45) is 3.49. The van der Waals surface area contributed by atoms with E-state index in [0.29, 0.717) is 17.5 Å². The summed E-state index contributed by atoms with van der Waals surface area (Å²) in [5, 5.41) is 3.18. The van der Waals surface area contributed by atoms with Crippen LogP contribution in [0.1, 0.15) is 43.5 Å². The van der Waals surface area contributed by atoms with Crippen molar-refractivity contribution in [1.82, 2.24) is 5.32 Å². The summed E-state index contributed by atoms with van der Waals surface area (Å²) in [6, 6.07) is 5.97. The van der Waals surface area contributed by atoms with Crippen LogP contribution in [0.5, 0.6) is 0 Å². The van der Waals surface area contributed by atoms with E-state index in [1.54, 1.807) is 0 Å². The molecule has 2 nitrogen and oxygen atoms in total. The molecule has 4 heteroatoms. The molecule has 0 saturated heterocycles. The van der Waals surface area contributed by atoms with Crippen molar-refractivity contribution in [2.45, 2.75) is 39.2 Å². The Labute approximate surface area is 131 Å². The molecule has 0 heterocycles. The van der Waals surface area contributed by atoms with Gasteiger partial charge in [0, 0.05) is 15.0 Å². The zero-order valence-electron chi connectivity index (χ0n) is 11.2. The molecule has 1 aromatic rings. The Kier molecular flexibility index (Phi) is 5.07. The van der Waals surface area contributed by atoms with Crippen LogP contribution in [0, 0.1) is 11.8 Å². The first-order valence-electron chi connectivity index (χ1n) is 6.73. The van der Waals surface area contributed by atoms with Crippen LogP contribution in [0.15, 0.2) is 27.1 Å². The molecule has 0 bridgehead atoms. The number of benzene rings is 1. The monoisotopic (exact) mass is 387 g/mol. The van der Waals surface area contributed by atoms with E-state index in [2.05, 4.69) is 51.0 Å². The predicted octanol–water partition coefficient (Wildman–Crippen LogP) is 4.77. The molecule has 1 aliphatic rings. The number of nitrogens with one attached hydrogen (secondary N) is 1. The van der Waals surface area contributed by atoms with E-state index in [1.807, 2.05) is 18.2 Å². The van der Waals surface area contributed by atoms with E-state index in [1.165, 1.54) is 12.8 Å². The number of halogens is 2. The maximum Gasteiger partial charge on any atom is 0.252 e. The highest BCUT2D eigenvalue weighted by Crippen LogP contribution is 2.29. The molecule has 1 amide bonds. The minimum absolute atomic E-state index is 0.0135. The second kappa shape index (κ2) is 6.40. The van der Waals surface area contributed by atoms with Crippen molar-refractivity contribution in [1.29, 1.82) is 0 Å². The van der Waals surface area contributed by atoms with Gasteiger partial charge in [0.05, 0.1) is 5.56 Å². The van der Waals surface area contributed by atoms with Gasteiger partial charge in [-0.2, -0.15) is 0 Å². The summed E-state index contributed by atoms with van der Waals surface area (Å²) in [5.41, 5.74) is 0.695. The molecular formula is C15H19Br2NO. The summed E-state index contributed by atoms with van der Waals surface area (Å²) in [5.74, 6) is 1.35. The van der Waals surface area contributed by atoms with Crippen LogP contribution in [0.3, 0.4) is 0 Å². The van der Waals surface area contributed by atoms with Crippen LogP contribution in [0.2, 0.25) is 0 Å². The number of amides is 1. The third-order valence-electron chi connectivity index (χ3n) is 3.92. The van der Waals surface area contributed by atoms with Crippen LogP contribution >= 0.6 is 31.9 Å². The first-order valence-corrected chi connectivity index (χ1v) is 8.32. The third kappa shape index (κ3) is 3.82. The van der Waals surface area contributed by atoms with Crippen LogP contribution in [0.25, 0.3) is 0 Å². The summed E-state index contributed by atoms with van der Waals surface area (Å²) in [6.45, 7) is 4.52. The van der Waals surface area contributed by atoms with Crippen molar-refractivity contribution >= 4 is 37.8 Å². The Morgan fingerprint density at radius 3 is 2.68 bits per heavy atom. The summed E-state index contributed by atoms with van der Waals surface area (Å²) < 4.78 is 1.76.